The van der Waals surface area contributed by atoms with Gasteiger partial charge in [0.1, 0.15) is 11.6 Å². The number of rotatable bonds is 6. The number of hydrogen-bond acceptors (Lipinski definition) is 6. The van der Waals surface area contributed by atoms with Crippen LogP contribution in [-0.2, 0) is 4.74 Å². The molecule has 30 heavy (non-hydrogen) atoms. The SMILES string of the molecule is c1ccc(-c2nc(NCC3CCCO3)cc(Nc3cccc4cccnc34)n2)cc1. The summed E-state index contributed by atoms with van der Waals surface area (Å²) in [7, 11) is 0. The predicted octanol–water partition coefficient (Wildman–Crippen LogP) is 5.03. The zero-order valence-corrected chi connectivity index (χ0v) is 16.6. The molecule has 1 aliphatic rings. The van der Waals surface area contributed by atoms with Crippen LogP contribution in [0.5, 0.6) is 0 Å². The van der Waals surface area contributed by atoms with Crippen LogP contribution in [0, 0.1) is 0 Å². The molecule has 0 spiro atoms. The Kier molecular flexibility index (Phi) is 5.23. The van der Waals surface area contributed by atoms with Crippen LogP contribution >= 0.6 is 0 Å². The van der Waals surface area contributed by atoms with Crippen molar-refractivity contribution in [2.24, 2.45) is 0 Å². The maximum absolute atomic E-state index is 5.73. The lowest BCUT2D eigenvalue weighted by Crippen LogP contribution is -2.19. The Morgan fingerprint density at radius 1 is 0.933 bits per heavy atom. The molecule has 2 aromatic heterocycles. The van der Waals surface area contributed by atoms with Gasteiger partial charge in [-0.3, -0.25) is 4.98 Å². The number of pyridine rings is 1. The van der Waals surface area contributed by atoms with Crippen LogP contribution in [0.15, 0.2) is 72.9 Å². The fourth-order valence-corrected chi connectivity index (χ4v) is 3.68. The number of fused-ring (bicyclic) bond motifs is 1. The van der Waals surface area contributed by atoms with Gasteiger partial charge >= 0.3 is 0 Å². The zero-order valence-electron chi connectivity index (χ0n) is 16.6. The quantitative estimate of drug-likeness (QED) is 0.476. The van der Waals surface area contributed by atoms with E-state index in [1.54, 1.807) is 6.20 Å². The Bertz CT molecular complexity index is 1140. The van der Waals surface area contributed by atoms with Crippen LogP contribution in [0.4, 0.5) is 17.3 Å². The lowest BCUT2D eigenvalue weighted by molar-refractivity contribution is 0.120. The van der Waals surface area contributed by atoms with Gasteiger partial charge < -0.3 is 15.4 Å². The van der Waals surface area contributed by atoms with Crippen molar-refractivity contribution >= 4 is 28.2 Å². The molecule has 1 atom stereocenters. The average Bonchev–Trinajstić information content (AvgIpc) is 3.32. The number of hydrogen-bond donors (Lipinski definition) is 2. The topological polar surface area (TPSA) is 72.0 Å². The minimum atomic E-state index is 0.235. The van der Waals surface area contributed by atoms with E-state index in [2.05, 4.69) is 27.8 Å². The summed E-state index contributed by atoms with van der Waals surface area (Å²) in [5.74, 6) is 2.16. The van der Waals surface area contributed by atoms with Crippen molar-refractivity contribution in [3.8, 4) is 11.4 Å². The summed E-state index contributed by atoms with van der Waals surface area (Å²) in [6, 6.07) is 22.0. The molecular weight excluding hydrogens is 374 g/mol. The summed E-state index contributed by atoms with van der Waals surface area (Å²) in [5.41, 5.74) is 2.79. The van der Waals surface area contributed by atoms with Crippen molar-refractivity contribution in [1.29, 1.82) is 0 Å². The van der Waals surface area contributed by atoms with E-state index in [9.17, 15) is 0 Å². The van der Waals surface area contributed by atoms with Gasteiger partial charge in [0.05, 0.1) is 17.3 Å². The van der Waals surface area contributed by atoms with Crippen LogP contribution in [0.3, 0.4) is 0 Å². The molecular formula is C24H23N5O. The summed E-state index contributed by atoms with van der Waals surface area (Å²) < 4.78 is 5.73. The molecule has 6 nitrogen and oxygen atoms in total. The fraction of sp³-hybridized carbons (Fsp3) is 0.208. The van der Waals surface area contributed by atoms with Crippen molar-refractivity contribution in [1.82, 2.24) is 15.0 Å². The molecule has 3 heterocycles. The van der Waals surface area contributed by atoms with E-state index < -0.39 is 0 Å². The van der Waals surface area contributed by atoms with Crippen LogP contribution < -0.4 is 10.6 Å². The van der Waals surface area contributed by atoms with E-state index in [0.717, 1.165) is 59.8 Å². The second kappa shape index (κ2) is 8.47. The van der Waals surface area contributed by atoms with E-state index in [1.807, 2.05) is 54.6 Å². The van der Waals surface area contributed by atoms with Gasteiger partial charge in [0.25, 0.3) is 0 Å². The molecule has 0 aliphatic carbocycles. The van der Waals surface area contributed by atoms with Crippen LogP contribution in [0.25, 0.3) is 22.3 Å². The largest absolute Gasteiger partial charge is 0.376 e. The first-order valence-electron chi connectivity index (χ1n) is 10.3. The Morgan fingerprint density at radius 3 is 2.67 bits per heavy atom. The van der Waals surface area contributed by atoms with E-state index in [0.29, 0.717) is 5.82 Å². The normalized spacial score (nSPS) is 15.9. The van der Waals surface area contributed by atoms with Crippen molar-refractivity contribution in [2.45, 2.75) is 18.9 Å². The Hall–Kier alpha value is -3.51. The van der Waals surface area contributed by atoms with E-state index in [4.69, 9.17) is 14.7 Å². The van der Waals surface area contributed by atoms with Gasteiger partial charge in [-0.2, -0.15) is 0 Å². The third-order valence-electron chi connectivity index (χ3n) is 5.19. The number of ether oxygens (including phenoxy) is 1. The molecule has 2 N–H and O–H groups in total. The first-order valence-corrected chi connectivity index (χ1v) is 10.3. The molecule has 4 aromatic rings. The van der Waals surface area contributed by atoms with E-state index in [-0.39, 0.29) is 6.10 Å². The van der Waals surface area contributed by atoms with Crippen LogP contribution in [0.1, 0.15) is 12.8 Å². The molecule has 1 saturated heterocycles. The molecule has 1 aliphatic heterocycles. The smallest absolute Gasteiger partial charge is 0.163 e. The van der Waals surface area contributed by atoms with Crippen LogP contribution in [-0.4, -0.2) is 34.2 Å². The highest BCUT2D eigenvalue weighted by atomic mass is 16.5. The zero-order chi connectivity index (χ0) is 20.2. The predicted molar refractivity (Wildman–Crippen MR) is 120 cm³/mol. The Morgan fingerprint density at radius 2 is 1.80 bits per heavy atom. The summed E-state index contributed by atoms with van der Waals surface area (Å²) in [6.45, 7) is 1.58. The maximum Gasteiger partial charge on any atom is 0.163 e. The first kappa shape index (κ1) is 18.5. The second-order valence-electron chi connectivity index (χ2n) is 7.35. The van der Waals surface area contributed by atoms with Crippen molar-refractivity contribution < 1.29 is 4.74 Å². The van der Waals surface area contributed by atoms with Crippen molar-refractivity contribution in [3.63, 3.8) is 0 Å². The summed E-state index contributed by atoms with van der Waals surface area (Å²) >= 11 is 0. The second-order valence-corrected chi connectivity index (χ2v) is 7.35. The molecule has 6 heteroatoms. The highest BCUT2D eigenvalue weighted by Gasteiger charge is 2.16. The number of nitrogens with zero attached hydrogens (tertiary/aromatic N) is 3. The average molecular weight is 397 g/mol. The maximum atomic E-state index is 5.73. The van der Waals surface area contributed by atoms with Gasteiger partial charge in [-0.25, -0.2) is 9.97 Å². The molecule has 0 bridgehead atoms. The van der Waals surface area contributed by atoms with Gasteiger partial charge in [0, 0.05) is 36.4 Å². The number of para-hydroxylation sites is 1. The summed E-state index contributed by atoms with van der Waals surface area (Å²) in [6.07, 6.45) is 4.24. The lowest BCUT2D eigenvalue weighted by Gasteiger charge is -2.14. The highest BCUT2D eigenvalue weighted by molar-refractivity contribution is 5.91. The third-order valence-corrected chi connectivity index (χ3v) is 5.19. The monoisotopic (exact) mass is 397 g/mol. The molecule has 0 radical (unpaired) electrons. The number of anilines is 3. The fourth-order valence-electron chi connectivity index (χ4n) is 3.68. The van der Waals surface area contributed by atoms with E-state index in [1.165, 1.54) is 0 Å². The number of nitrogens with one attached hydrogen (secondary N) is 2. The van der Waals surface area contributed by atoms with Crippen molar-refractivity contribution in [3.05, 3.63) is 72.9 Å². The van der Waals surface area contributed by atoms with Gasteiger partial charge in [0.15, 0.2) is 5.82 Å². The molecule has 150 valence electrons. The third kappa shape index (κ3) is 4.09. The minimum Gasteiger partial charge on any atom is -0.376 e. The highest BCUT2D eigenvalue weighted by Crippen LogP contribution is 2.27. The first-order chi connectivity index (χ1) is 14.8. The molecule has 0 saturated carbocycles. The van der Waals surface area contributed by atoms with Gasteiger partial charge in [-0.15, -0.1) is 0 Å². The van der Waals surface area contributed by atoms with Gasteiger partial charge in [0.2, 0.25) is 0 Å². The number of aromatic nitrogens is 3. The molecule has 0 amide bonds. The standard InChI is InChI=1S/C24H23N5O/c1-2-7-18(8-3-1)24-28-21(26-16-19-11-6-14-30-19)15-22(29-24)27-20-12-4-9-17-10-5-13-25-23(17)20/h1-5,7-10,12-13,15,19H,6,11,14,16H2,(H2,26,27,28,29). The minimum absolute atomic E-state index is 0.235. The molecule has 5 rings (SSSR count). The molecule has 1 fully saturated rings. The van der Waals surface area contributed by atoms with E-state index >= 15 is 0 Å². The summed E-state index contributed by atoms with van der Waals surface area (Å²) in [4.78, 5) is 14.0. The molecule has 1 unspecified atom stereocenters. The van der Waals surface area contributed by atoms with Gasteiger partial charge in [-0.1, -0.05) is 48.5 Å². The molecule has 2 aromatic carbocycles. The lowest BCUT2D eigenvalue weighted by atomic mass is 10.2. The number of benzene rings is 2. The van der Waals surface area contributed by atoms with Gasteiger partial charge in [-0.05, 0) is 25.0 Å². The van der Waals surface area contributed by atoms with Crippen molar-refractivity contribution in [2.75, 3.05) is 23.8 Å². The Labute approximate surface area is 175 Å². The summed E-state index contributed by atoms with van der Waals surface area (Å²) in [5, 5.41) is 7.95. The van der Waals surface area contributed by atoms with Crippen LogP contribution in [0.2, 0.25) is 0 Å². The Balaban J connectivity index is 1.48.